The van der Waals surface area contributed by atoms with Crippen molar-refractivity contribution in [2.24, 2.45) is 0 Å². The maximum Gasteiger partial charge on any atom is 0.314 e. The van der Waals surface area contributed by atoms with Crippen molar-refractivity contribution in [3.63, 3.8) is 0 Å². The molecule has 0 fully saturated rings. The number of rotatable bonds is 6. The lowest BCUT2D eigenvalue weighted by Crippen LogP contribution is -2.39. The smallest absolute Gasteiger partial charge is 0.314 e. The topological polar surface area (TPSA) is 46.5 Å². The number of fused-ring (bicyclic) bond motifs is 6. The third-order valence-corrected chi connectivity index (χ3v) is 8.93. The Morgan fingerprint density at radius 3 is 1.43 bits per heavy atom. The van der Waals surface area contributed by atoms with Crippen molar-refractivity contribution >= 4 is 49.1 Å². The van der Waals surface area contributed by atoms with Crippen LogP contribution in [-0.2, 0) is 10.2 Å². The third kappa shape index (κ3) is 3.93. The van der Waals surface area contributed by atoms with Crippen LogP contribution < -0.4 is 4.74 Å². The fourth-order valence-electron chi connectivity index (χ4n) is 6.78. The van der Waals surface area contributed by atoms with Crippen LogP contribution >= 0.6 is 0 Å². The first-order valence-corrected chi connectivity index (χ1v) is 14.2. The minimum Gasteiger partial charge on any atom is -0.497 e. The number of carbonyl (C=O) groups is 1. The van der Waals surface area contributed by atoms with Crippen LogP contribution in [0, 0.1) is 0 Å². The van der Waals surface area contributed by atoms with E-state index >= 15 is 0 Å². The number of carboxylic acids is 1. The molecule has 0 spiro atoms. The lowest BCUT2D eigenvalue weighted by molar-refractivity contribution is -0.143. The summed E-state index contributed by atoms with van der Waals surface area (Å²) in [5, 5.41) is 20.1. The third-order valence-electron chi connectivity index (χ3n) is 8.93. The highest BCUT2D eigenvalue weighted by Crippen LogP contribution is 2.50. The molecular weight excluding hydrogens is 516 g/mol. The molecule has 0 heterocycles. The summed E-state index contributed by atoms with van der Waals surface area (Å²) < 4.78 is 5.44. The molecule has 1 unspecified atom stereocenters. The summed E-state index contributed by atoms with van der Waals surface area (Å²) in [6.07, 6.45) is 0. The van der Waals surface area contributed by atoms with Gasteiger partial charge in [-0.1, -0.05) is 109 Å². The molecule has 0 amide bonds. The van der Waals surface area contributed by atoms with Gasteiger partial charge in [0.05, 0.1) is 7.11 Å². The Hall–Kier alpha value is -5.15. The second kappa shape index (κ2) is 10.0. The van der Waals surface area contributed by atoms with Crippen LogP contribution in [0.15, 0.2) is 133 Å². The summed E-state index contributed by atoms with van der Waals surface area (Å²) in [5.74, 6) is -0.713. The fraction of sp³-hybridized carbons (Fsp3) is 0.103. The largest absolute Gasteiger partial charge is 0.497 e. The van der Waals surface area contributed by atoms with Gasteiger partial charge in [-0.2, -0.15) is 0 Å². The fourth-order valence-corrected chi connectivity index (χ4v) is 6.78. The first-order valence-electron chi connectivity index (χ1n) is 14.2. The molecule has 3 heteroatoms. The van der Waals surface area contributed by atoms with Crippen molar-refractivity contribution in [2.75, 3.05) is 7.11 Å². The number of hydrogen-bond donors (Lipinski definition) is 1. The van der Waals surface area contributed by atoms with E-state index in [0.717, 1.165) is 59.8 Å². The zero-order valence-electron chi connectivity index (χ0n) is 23.5. The monoisotopic (exact) mass is 546 g/mol. The molecule has 1 atom stereocenters. The molecule has 0 saturated carbocycles. The van der Waals surface area contributed by atoms with E-state index in [1.54, 1.807) is 7.11 Å². The number of carboxylic acid groups (broad SMARTS) is 1. The van der Waals surface area contributed by atoms with Crippen LogP contribution in [0.3, 0.4) is 0 Å². The van der Waals surface area contributed by atoms with Crippen molar-refractivity contribution in [3.05, 3.63) is 150 Å². The van der Waals surface area contributed by atoms with Crippen molar-refractivity contribution in [1.29, 1.82) is 0 Å². The quantitative estimate of drug-likeness (QED) is 0.211. The van der Waals surface area contributed by atoms with Crippen molar-refractivity contribution in [1.82, 2.24) is 0 Å². The zero-order valence-corrected chi connectivity index (χ0v) is 23.5. The molecule has 3 nitrogen and oxygen atoms in total. The first kappa shape index (κ1) is 25.8. The minimum absolute atomic E-state index is 0.521. The molecule has 1 N–H and O–H groups in total. The first-order chi connectivity index (χ1) is 20.5. The van der Waals surface area contributed by atoms with Crippen LogP contribution in [0.2, 0.25) is 0 Å². The molecule has 7 aromatic rings. The molecular formula is C39H30O3. The average Bonchev–Trinajstić information content (AvgIpc) is 3.04. The molecule has 0 aliphatic rings. The number of methoxy groups -OCH3 is 1. The molecule has 7 rings (SSSR count). The van der Waals surface area contributed by atoms with Crippen molar-refractivity contribution in [3.8, 4) is 5.75 Å². The van der Waals surface area contributed by atoms with Gasteiger partial charge in [0.2, 0.25) is 0 Å². The number of benzene rings is 7. The summed E-state index contributed by atoms with van der Waals surface area (Å²) in [4.78, 5) is 13.7. The van der Waals surface area contributed by atoms with E-state index < -0.39 is 17.3 Å². The Morgan fingerprint density at radius 2 is 1.00 bits per heavy atom. The van der Waals surface area contributed by atoms with E-state index in [-0.39, 0.29) is 0 Å². The van der Waals surface area contributed by atoms with E-state index in [9.17, 15) is 9.90 Å². The van der Waals surface area contributed by atoms with Gasteiger partial charge in [-0.15, -0.1) is 0 Å². The van der Waals surface area contributed by atoms with E-state index in [2.05, 4.69) is 84.9 Å². The van der Waals surface area contributed by atoms with Crippen LogP contribution in [0.5, 0.6) is 5.75 Å². The predicted octanol–water partition coefficient (Wildman–Crippen LogP) is 9.48. The maximum absolute atomic E-state index is 13.7. The summed E-state index contributed by atoms with van der Waals surface area (Å²) in [7, 11) is 1.62. The van der Waals surface area contributed by atoms with Crippen LogP contribution in [0.1, 0.15) is 29.5 Å². The summed E-state index contributed by atoms with van der Waals surface area (Å²) in [5.41, 5.74) is 1.38. The van der Waals surface area contributed by atoms with Gasteiger partial charge in [0, 0.05) is 5.92 Å². The summed E-state index contributed by atoms with van der Waals surface area (Å²) >= 11 is 0. The Kier molecular flexibility index (Phi) is 6.17. The van der Waals surface area contributed by atoms with E-state index in [1.807, 2.05) is 55.5 Å². The van der Waals surface area contributed by atoms with Crippen LogP contribution in [-0.4, -0.2) is 18.2 Å². The molecule has 0 aromatic heterocycles. The maximum atomic E-state index is 13.7. The van der Waals surface area contributed by atoms with Gasteiger partial charge in [0.25, 0.3) is 0 Å². The highest BCUT2D eigenvalue weighted by molar-refractivity contribution is 6.12. The standard InChI is InChI=1S/C39H30O3/c1-39(38(40)41,27-19-21-28(42-2)22-20-27)37(35-23-25-11-3-5-13-29(25)31-15-7-9-17-33(31)35)36-24-26-12-4-6-14-30(26)32-16-8-10-18-34(32)36/h3-24,37H,1-2H3,(H,40,41). The molecule has 7 aromatic carbocycles. The van der Waals surface area contributed by atoms with Gasteiger partial charge in [-0.3, -0.25) is 4.79 Å². The second-order valence-electron chi connectivity index (χ2n) is 11.1. The Morgan fingerprint density at radius 1 is 0.595 bits per heavy atom. The average molecular weight is 547 g/mol. The Bertz CT molecular complexity index is 2010. The van der Waals surface area contributed by atoms with Crippen molar-refractivity contribution < 1.29 is 14.6 Å². The van der Waals surface area contributed by atoms with Gasteiger partial charge in [0.1, 0.15) is 11.2 Å². The van der Waals surface area contributed by atoms with E-state index in [1.165, 1.54) is 0 Å². The number of aliphatic carboxylic acids is 1. The molecule has 0 aliphatic heterocycles. The molecule has 42 heavy (non-hydrogen) atoms. The zero-order chi connectivity index (χ0) is 28.8. The van der Waals surface area contributed by atoms with Gasteiger partial charge in [-0.25, -0.2) is 0 Å². The predicted molar refractivity (Wildman–Crippen MR) is 173 cm³/mol. The SMILES string of the molecule is COc1ccc(C(C)(C(=O)O)C(c2cc3ccccc3c3ccccc23)c2cc3ccccc3c3ccccc23)cc1. The molecule has 0 bridgehead atoms. The molecule has 0 aliphatic carbocycles. The van der Waals surface area contributed by atoms with Crippen LogP contribution in [0.4, 0.5) is 0 Å². The van der Waals surface area contributed by atoms with Gasteiger partial charge in [-0.05, 0) is 91.0 Å². The lowest BCUT2D eigenvalue weighted by Gasteiger charge is -2.37. The summed E-state index contributed by atoms with van der Waals surface area (Å²) in [6.45, 7) is 1.87. The normalized spacial score (nSPS) is 13.1. The highest BCUT2D eigenvalue weighted by atomic mass is 16.5. The highest BCUT2D eigenvalue weighted by Gasteiger charge is 2.46. The molecule has 0 saturated heterocycles. The van der Waals surface area contributed by atoms with Gasteiger partial charge >= 0.3 is 5.97 Å². The molecule has 0 radical (unpaired) electrons. The summed E-state index contributed by atoms with van der Waals surface area (Å²) in [6, 6.07) is 45.4. The number of hydrogen-bond acceptors (Lipinski definition) is 2. The van der Waals surface area contributed by atoms with Crippen LogP contribution in [0.25, 0.3) is 43.1 Å². The Balaban J connectivity index is 1.66. The second-order valence-corrected chi connectivity index (χ2v) is 11.1. The van der Waals surface area contributed by atoms with Crippen molar-refractivity contribution in [2.45, 2.75) is 18.3 Å². The van der Waals surface area contributed by atoms with E-state index in [0.29, 0.717) is 5.75 Å². The van der Waals surface area contributed by atoms with Gasteiger partial charge < -0.3 is 9.84 Å². The number of ether oxygens (including phenoxy) is 1. The van der Waals surface area contributed by atoms with Gasteiger partial charge in [0.15, 0.2) is 0 Å². The minimum atomic E-state index is -1.32. The van der Waals surface area contributed by atoms with E-state index in [4.69, 9.17) is 4.74 Å². The lowest BCUT2D eigenvalue weighted by atomic mass is 9.64. The molecule has 204 valence electrons. The Labute approximate surface area is 244 Å².